The van der Waals surface area contributed by atoms with Gasteiger partial charge in [-0.1, -0.05) is 30.7 Å². The van der Waals surface area contributed by atoms with Crippen molar-refractivity contribution >= 4 is 17.5 Å². The van der Waals surface area contributed by atoms with Crippen LogP contribution in [-0.4, -0.2) is 20.1 Å². The van der Waals surface area contributed by atoms with Gasteiger partial charge in [0.05, 0.1) is 26.2 Å². The van der Waals surface area contributed by atoms with E-state index in [0.717, 1.165) is 23.1 Å². The topological polar surface area (TPSA) is 47.6 Å². The number of hydrogen-bond acceptors (Lipinski definition) is 3. The number of amides is 1. The number of halogens is 1. The summed E-state index contributed by atoms with van der Waals surface area (Å²) in [6.45, 7) is 2.01. The molecular weight excluding hydrogens is 326 g/mol. The molecule has 2 atom stereocenters. The maximum Gasteiger partial charge on any atom is 0.228 e. The molecular formula is C19H20ClNO3. The summed E-state index contributed by atoms with van der Waals surface area (Å²) in [5.74, 6) is 1.13. The summed E-state index contributed by atoms with van der Waals surface area (Å²) in [6.07, 6.45) is 0.724. The molecule has 24 heavy (non-hydrogen) atoms. The van der Waals surface area contributed by atoms with Crippen LogP contribution in [0.3, 0.4) is 0 Å². The quantitative estimate of drug-likeness (QED) is 0.908. The van der Waals surface area contributed by atoms with Crippen molar-refractivity contribution < 1.29 is 14.3 Å². The summed E-state index contributed by atoms with van der Waals surface area (Å²) >= 11 is 5.99. The van der Waals surface area contributed by atoms with E-state index in [2.05, 4.69) is 5.32 Å². The number of methoxy groups -OCH3 is 2. The molecule has 1 aliphatic heterocycles. The van der Waals surface area contributed by atoms with Crippen molar-refractivity contribution in [1.82, 2.24) is 5.32 Å². The lowest BCUT2D eigenvalue weighted by Crippen LogP contribution is -2.39. The fourth-order valence-electron chi connectivity index (χ4n) is 3.25. The van der Waals surface area contributed by atoms with Gasteiger partial charge in [0, 0.05) is 5.02 Å². The molecule has 126 valence electrons. The third-order valence-electron chi connectivity index (χ3n) is 4.49. The standard InChI is InChI=1S/C19H20ClNO3/c1-4-13-14-9-16(23-2)17(24-3)10-15(14)18(21-19(13)22)11-5-7-12(20)8-6-11/h5-10,13,18H,4H2,1-3H3,(H,21,22). The first-order valence-corrected chi connectivity index (χ1v) is 8.28. The predicted molar refractivity (Wildman–Crippen MR) is 94.0 cm³/mol. The maximum atomic E-state index is 12.6. The molecule has 1 N–H and O–H groups in total. The lowest BCUT2D eigenvalue weighted by molar-refractivity contribution is -0.123. The molecule has 2 aromatic rings. The average molecular weight is 346 g/mol. The largest absolute Gasteiger partial charge is 0.493 e. The van der Waals surface area contributed by atoms with Gasteiger partial charge in [-0.15, -0.1) is 0 Å². The first-order chi connectivity index (χ1) is 11.6. The van der Waals surface area contributed by atoms with Crippen molar-refractivity contribution in [2.75, 3.05) is 14.2 Å². The van der Waals surface area contributed by atoms with Crippen LogP contribution in [0.5, 0.6) is 11.5 Å². The van der Waals surface area contributed by atoms with Crippen LogP contribution in [0.2, 0.25) is 5.02 Å². The van der Waals surface area contributed by atoms with Crippen LogP contribution in [0.25, 0.3) is 0 Å². The molecule has 1 heterocycles. The Balaban J connectivity index is 2.17. The second-order valence-corrected chi connectivity index (χ2v) is 6.23. The van der Waals surface area contributed by atoms with E-state index in [1.807, 2.05) is 43.3 Å². The lowest BCUT2D eigenvalue weighted by Gasteiger charge is -2.32. The zero-order chi connectivity index (χ0) is 17.3. The molecule has 3 rings (SSSR count). The predicted octanol–water partition coefficient (Wildman–Crippen LogP) is 4.07. The van der Waals surface area contributed by atoms with E-state index in [4.69, 9.17) is 21.1 Å². The molecule has 0 saturated heterocycles. The fourth-order valence-corrected chi connectivity index (χ4v) is 3.37. The number of nitrogens with one attached hydrogen (secondary N) is 1. The Kier molecular flexibility index (Phi) is 4.67. The monoisotopic (exact) mass is 345 g/mol. The first-order valence-electron chi connectivity index (χ1n) is 7.90. The highest BCUT2D eigenvalue weighted by Gasteiger charge is 2.34. The fraction of sp³-hybridized carbons (Fsp3) is 0.316. The van der Waals surface area contributed by atoms with Crippen LogP contribution in [0, 0.1) is 0 Å². The van der Waals surface area contributed by atoms with Crippen molar-refractivity contribution in [3.8, 4) is 11.5 Å². The average Bonchev–Trinajstić information content (AvgIpc) is 2.60. The molecule has 0 aromatic heterocycles. The minimum Gasteiger partial charge on any atom is -0.493 e. The first kappa shape index (κ1) is 16.7. The molecule has 0 bridgehead atoms. The molecule has 2 aromatic carbocycles. The van der Waals surface area contributed by atoms with Crippen LogP contribution in [0.1, 0.15) is 42.0 Å². The highest BCUT2D eigenvalue weighted by Crippen LogP contribution is 2.42. The van der Waals surface area contributed by atoms with E-state index in [1.165, 1.54) is 0 Å². The van der Waals surface area contributed by atoms with E-state index in [-0.39, 0.29) is 17.9 Å². The highest BCUT2D eigenvalue weighted by atomic mass is 35.5. The summed E-state index contributed by atoms with van der Waals surface area (Å²) in [5.41, 5.74) is 3.00. The SMILES string of the molecule is CCC1C(=O)NC(c2ccc(Cl)cc2)c2cc(OC)c(OC)cc21. The minimum atomic E-state index is -0.229. The van der Waals surface area contributed by atoms with Gasteiger partial charge in [0.1, 0.15) is 0 Å². The van der Waals surface area contributed by atoms with Gasteiger partial charge < -0.3 is 14.8 Å². The highest BCUT2D eigenvalue weighted by molar-refractivity contribution is 6.30. The van der Waals surface area contributed by atoms with Gasteiger partial charge in [0.15, 0.2) is 11.5 Å². The van der Waals surface area contributed by atoms with Crippen molar-refractivity contribution in [3.05, 3.63) is 58.1 Å². The zero-order valence-corrected chi connectivity index (χ0v) is 14.7. The van der Waals surface area contributed by atoms with Crippen LogP contribution >= 0.6 is 11.6 Å². The Morgan fingerprint density at radius 1 is 1.04 bits per heavy atom. The summed E-state index contributed by atoms with van der Waals surface area (Å²) in [7, 11) is 3.21. The van der Waals surface area contributed by atoms with Crippen molar-refractivity contribution in [2.24, 2.45) is 0 Å². The van der Waals surface area contributed by atoms with Gasteiger partial charge >= 0.3 is 0 Å². The second kappa shape index (κ2) is 6.73. The van der Waals surface area contributed by atoms with Gasteiger partial charge in [-0.25, -0.2) is 0 Å². The number of carbonyl (C=O) groups is 1. The number of ether oxygens (including phenoxy) is 2. The van der Waals surface area contributed by atoms with Crippen molar-refractivity contribution in [3.63, 3.8) is 0 Å². The third-order valence-corrected chi connectivity index (χ3v) is 4.74. The molecule has 0 radical (unpaired) electrons. The molecule has 5 heteroatoms. The van der Waals surface area contributed by atoms with E-state index >= 15 is 0 Å². The number of rotatable bonds is 4. The zero-order valence-electron chi connectivity index (χ0n) is 13.9. The molecule has 0 aliphatic carbocycles. The van der Waals surface area contributed by atoms with Gasteiger partial charge in [0.2, 0.25) is 5.91 Å². The van der Waals surface area contributed by atoms with Crippen LogP contribution in [0.15, 0.2) is 36.4 Å². The number of benzene rings is 2. The molecule has 0 spiro atoms. The summed E-state index contributed by atoms with van der Waals surface area (Å²) in [4.78, 5) is 12.6. The minimum absolute atomic E-state index is 0.0252. The molecule has 1 aliphatic rings. The molecule has 0 saturated carbocycles. The van der Waals surface area contributed by atoms with E-state index < -0.39 is 0 Å². The maximum absolute atomic E-state index is 12.6. The molecule has 1 amide bonds. The van der Waals surface area contributed by atoms with Crippen LogP contribution in [0.4, 0.5) is 0 Å². The summed E-state index contributed by atoms with van der Waals surface area (Å²) < 4.78 is 10.9. The Labute approximate surface area is 146 Å². The Hall–Kier alpha value is -2.20. The molecule has 0 fully saturated rings. The van der Waals surface area contributed by atoms with Gasteiger partial charge in [-0.3, -0.25) is 4.79 Å². The summed E-state index contributed by atoms with van der Waals surface area (Å²) in [6, 6.07) is 11.2. The van der Waals surface area contributed by atoms with E-state index in [1.54, 1.807) is 14.2 Å². The van der Waals surface area contributed by atoms with Crippen LogP contribution < -0.4 is 14.8 Å². The van der Waals surface area contributed by atoms with Gasteiger partial charge in [-0.2, -0.15) is 0 Å². The third kappa shape index (κ3) is 2.82. The van der Waals surface area contributed by atoms with Crippen molar-refractivity contribution in [2.45, 2.75) is 25.3 Å². The molecule has 2 unspecified atom stereocenters. The number of hydrogen-bond donors (Lipinski definition) is 1. The summed E-state index contributed by atoms with van der Waals surface area (Å²) in [5, 5.41) is 3.79. The normalized spacial score (nSPS) is 19.4. The Bertz CT molecular complexity index is 758. The molecule has 4 nitrogen and oxygen atoms in total. The van der Waals surface area contributed by atoms with Gasteiger partial charge in [-0.05, 0) is 47.4 Å². The van der Waals surface area contributed by atoms with Crippen LogP contribution in [-0.2, 0) is 4.79 Å². The second-order valence-electron chi connectivity index (χ2n) is 5.79. The van der Waals surface area contributed by atoms with Crippen molar-refractivity contribution in [1.29, 1.82) is 0 Å². The smallest absolute Gasteiger partial charge is 0.228 e. The van der Waals surface area contributed by atoms with Gasteiger partial charge in [0.25, 0.3) is 0 Å². The number of carbonyl (C=O) groups excluding carboxylic acids is 1. The Morgan fingerprint density at radius 2 is 1.62 bits per heavy atom. The van der Waals surface area contributed by atoms with E-state index in [0.29, 0.717) is 16.5 Å². The number of fused-ring (bicyclic) bond motifs is 1. The lowest BCUT2D eigenvalue weighted by atomic mass is 9.82. The Morgan fingerprint density at radius 3 is 2.17 bits per heavy atom. The van der Waals surface area contributed by atoms with E-state index in [9.17, 15) is 4.79 Å².